The van der Waals surface area contributed by atoms with Crippen molar-refractivity contribution in [1.82, 2.24) is 4.90 Å². The van der Waals surface area contributed by atoms with E-state index in [0.29, 0.717) is 16.1 Å². The average molecular weight is 245 g/mol. The molecule has 2 nitrogen and oxygen atoms in total. The molecule has 0 saturated carbocycles. The first-order valence-electron chi connectivity index (χ1n) is 5.06. The molecule has 2 rings (SSSR count). The summed E-state index contributed by atoms with van der Waals surface area (Å²) in [5.74, 6) is 0. The lowest BCUT2D eigenvalue weighted by Crippen LogP contribution is -2.26. The molecule has 1 aliphatic heterocycles. The van der Waals surface area contributed by atoms with E-state index in [2.05, 4.69) is 4.90 Å². The second-order valence-corrected chi connectivity index (χ2v) is 4.93. The van der Waals surface area contributed by atoms with Gasteiger partial charge in [0.15, 0.2) is 0 Å². The number of rotatable bonds is 2. The van der Waals surface area contributed by atoms with Crippen LogP contribution in [0.15, 0.2) is 18.2 Å². The van der Waals surface area contributed by atoms with E-state index < -0.39 is 0 Å². The third-order valence-electron chi connectivity index (χ3n) is 2.64. The van der Waals surface area contributed by atoms with Crippen molar-refractivity contribution in [2.75, 3.05) is 13.1 Å². The number of likely N-dealkylation sites (tertiary alicyclic amines) is 1. The maximum atomic E-state index is 5.94. The second-order valence-electron chi connectivity index (χ2n) is 4.06. The molecule has 82 valence electrons. The van der Waals surface area contributed by atoms with Crippen LogP contribution in [0, 0.1) is 0 Å². The zero-order valence-corrected chi connectivity index (χ0v) is 9.93. The standard InChI is InChI=1S/C11H14Cl2N2/c12-9-3-8(4-10(13)5-9)6-15-2-1-11(14)7-15/h3-5,11H,1-2,6-7,14H2/t11-/m1/s1. The molecule has 15 heavy (non-hydrogen) atoms. The lowest BCUT2D eigenvalue weighted by Gasteiger charge is -2.15. The lowest BCUT2D eigenvalue weighted by molar-refractivity contribution is 0.327. The van der Waals surface area contributed by atoms with Gasteiger partial charge in [0.25, 0.3) is 0 Å². The lowest BCUT2D eigenvalue weighted by atomic mass is 10.2. The highest BCUT2D eigenvalue weighted by atomic mass is 35.5. The van der Waals surface area contributed by atoms with Crippen LogP contribution in [-0.2, 0) is 6.54 Å². The summed E-state index contributed by atoms with van der Waals surface area (Å²) in [4.78, 5) is 2.33. The van der Waals surface area contributed by atoms with E-state index in [9.17, 15) is 0 Å². The van der Waals surface area contributed by atoms with Crippen LogP contribution in [0.5, 0.6) is 0 Å². The van der Waals surface area contributed by atoms with Crippen LogP contribution in [0.4, 0.5) is 0 Å². The Morgan fingerprint density at radius 3 is 2.47 bits per heavy atom. The summed E-state index contributed by atoms with van der Waals surface area (Å²) in [7, 11) is 0. The molecule has 0 unspecified atom stereocenters. The van der Waals surface area contributed by atoms with Gasteiger partial charge >= 0.3 is 0 Å². The summed E-state index contributed by atoms with van der Waals surface area (Å²) < 4.78 is 0. The van der Waals surface area contributed by atoms with E-state index in [4.69, 9.17) is 28.9 Å². The van der Waals surface area contributed by atoms with Gasteiger partial charge in [-0.3, -0.25) is 4.90 Å². The van der Waals surface area contributed by atoms with Crippen molar-refractivity contribution < 1.29 is 0 Å². The van der Waals surface area contributed by atoms with Crippen LogP contribution in [0.2, 0.25) is 10.0 Å². The van der Waals surface area contributed by atoms with Crippen LogP contribution >= 0.6 is 23.2 Å². The minimum atomic E-state index is 0.319. The summed E-state index contributed by atoms with van der Waals surface area (Å²) in [6, 6.07) is 5.98. The van der Waals surface area contributed by atoms with E-state index in [1.54, 1.807) is 6.07 Å². The Balaban J connectivity index is 2.04. The highest BCUT2D eigenvalue weighted by Crippen LogP contribution is 2.21. The maximum Gasteiger partial charge on any atom is 0.0424 e. The van der Waals surface area contributed by atoms with E-state index in [1.807, 2.05) is 12.1 Å². The molecule has 0 bridgehead atoms. The van der Waals surface area contributed by atoms with Crippen molar-refractivity contribution in [1.29, 1.82) is 0 Å². The van der Waals surface area contributed by atoms with Gasteiger partial charge in [0, 0.05) is 35.7 Å². The molecule has 1 heterocycles. The summed E-state index contributed by atoms with van der Waals surface area (Å²) >= 11 is 11.9. The second kappa shape index (κ2) is 4.71. The predicted molar refractivity (Wildman–Crippen MR) is 64.3 cm³/mol. The van der Waals surface area contributed by atoms with Crippen molar-refractivity contribution in [2.24, 2.45) is 5.73 Å². The molecular weight excluding hydrogens is 231 g/mol. The molecule has 0 aromatic heterocycles. The molecule has 1 aliphatic rings. The summed E-state index contributed by atoms with van der Waals surface area (Å²) in [6.07, 6.45) is 1.08. The number of nitrogens with two attached hydrogens (primary N) is 1. The Morgan fingerprint density at radius 2 is 1.93 bits per heavy atom. The molecule has 0 amide bonds. The first-order chi connectivity index (χ1) is 7.13. The van der Waals surface area contributed by atoms with Gasteiger partial charge in [-0.25, -0.2) is 0 Å². The number of hydrogen-bond donors (Lipinski definition) is 1. The van der Waals surface area contributed by atoms with Crippen molar-refractivity contribution in [3.63, 3.8) is 0 Å². The largest absolute Gasteiger partial charge is 0.326 e. The van der Waals surface area contributed by atoms with Gasteiger partial charge in [-0.2, -0.15) is 0 Å². The maximum absolute atomic E-state index is 5.94. The fourth-order valence-electron chi connectivity index (χ4n) is 1.97. The zero-order valence-electron chi connectivity index (χ0n) is 8.42. The molecular formula is C11H14Cl2N2. The van der Waals surface area contributed by atoms with Gasteiger partial charge in [-0.15, -0.1) is 0 Å². The quantitative estimate of drug-likeness (QED) is 0.867. The number of nitrogens with zero attached hydrogens (tertiary/aromatic N) is 1. The monoisotopic (exact) mass is 244 g/mol. The molecule has 0 aliphatic carbocycles. The first kappa shape index (κ1) is 11.2. The molecule has 1 saturated heterocycles. The molecule has 0 radical (unpaired) electrons. The molecule has 1 aromatic carbocycles. The average Bonchev–Trinajstić information content (AvgIpc) is 2.49. The Labute approximate surface area is 100.0 Å². The molecule has 1 aromatic rings. The number of hydrogen-bond acceptors (Lipinski definition) is 2. The minimum Gasteiger partial charge on any atom is -0.326 e. The summed E-state index contributed by atoms with van der Waals surface area (Å²) in [5, 5.41) is 1.39. The minimum absolute atomic E-state index is 0.319. The Bertz CT molecular complexity index is 334. The third-order valence-corrected chi connectivity index (χ3v) is 3.07. The van der Waals surface area contributed by atoms with Gasteiger partial charge in [0.2, 0.25) is 0 Å². The van der Waals surface area contributed by atoms with E-state index >= 15 is 0 Å². The highest BCUT2D eigenvalue weighted by molar-refractivity contribution is 6.34. The predicted octanol–water partition coefficient (Wildman–Crippen LogP) is 2.53. The number of benzene rings is 1. The Hall–Kier alpha value is -0.280. The van der Waals surface area contributed by atoms with E-state index in [0.717, 1.165) is 31.6 Å². The fourth-order valence-corrected chi connectivity index (χ4v) is 2.54. The fraction of sp³-hybridized carbons (Fsp3) is 0.455. The normalized spacial score (nSPS) is 22.2. The van der Waals surface area contributed by atoms with Crippen molar-refractivity contribution in [3.05, 3.63) is 33.8 Å². The summed E-state index contributed by atoms with van der Waals surface area (Å²) in [6.45, 7) is 2.91. The van der Waals surface area contributed by atoms with E-state index in [1.165, 1.54) is 0 Å². The first-order valence-corrected chi connectivity index (χ1v) is 5.82. The van der Waals surface area contributed by atoms with Crippen LogP contribution in [-0.4, -0.2) is 24.0 Å². The van der Waals surface area contributed by atoms with Gasteiger partial charge in [-0.1, -0.05) is 23.2 Å². The Kier molecular flexibility index (Phi) is 3.52. The molecule has 4 heteroatoms. The molecule has 0 spiro atoms. The van der Waals surface area contributed by atoms with Crippen molar-refractivity contribution in [3.8, 4) is 0 Å². The van der Waals surface area contributed by atoms with Crippen LogP contribution in [0.3, 0.4) is 0 Å². The van der Waals surface area contributed by atoms with Crippen molar-refractivity contribution in [2.45, 2.75) is 19.0 Å². The van der Waals surface area contributed by atoms with Gasteiger partial charge in [0.05, 0.1) is 0 Å². The zero-order chi connectivity index (χ0) is 10.8. The molecule has 2 N–H and O–H groups in total. The van der Waals surface area contributed by atoms with E-state index in [-0.39, 0.29) is 0 Å². The Morgan fingerprint density at radius 1 is 1.27 bits per heavy atom. The topological polar surface area (TPSA) is 29.3 Å². The smallest absolute Gasteiger partial charge is 0.0424 e. The van der Waals surface area contributed by atoms with Gasteiger partial charge in [-0.05, 0) is 30.2 Å². The van der Waals surface area contributed by atoms with Gasteiger partial charge < -0.3 is 5.73 Å². The molecule has 1 fully saturated rings. The van der Waals surface area contributed by atoms with Crippen LogP contribution in [0.1, 0.15) is 12.0 Å². The highest BCUT2D eigenvalue weighted by Gasteiger charge is 2.18. The van der Waals surface area contributed by atoms with Gasteiger partial charge in [0.1, 0.15) is 0 Å². The number of halogens is 2. The van der Waals surface area contributed by atoms with Crippen LogP contribution in [0.25, 0.3) is 0 Å². The molecule has 1 atom stereocenters. The van der Waals surface area contributed by atoms with Crippen molar-refractivity contribution >= 4 is 23.2 Å². The van der Waals surface area contributed by atoms with Crippen LogP contribution < -0.4 is 5.73 Å². The third kappa shape index (κ3) is 3.08. The SMILES string of the molecule is N[C@@H]1CCN(Cc2cc(Cl)cc(Cl)c2)C1. The summed E-state index contributed by atoms with van der Waals surface area (Å²) in [5.41, 5.74) is 7.00.